The molecule has 0 heterocycles. The summed E-state index contributed by atoms with van der Waals surface area (Å²) in [5.41, 5.74) is 0.275. The highest BCUT2D eigenvalue weighted by molar-refractivity contribution is 6.33. The third-order valence-electron chi connectivity index (χ3n) is 4.47. The van der Waals surface area contributed by atoms with E-state index in [1.54, 1.807) is 18.2 Å². The van der Waals surface area contributed by atoms with E-state index in [0.717, 1.165) is 31.2 Å². The fourth-order valence-corrected chi connectivity index (χ4v) is 3.55. The quantitative estimate of drug-likeness (QED) is 0.734. The first-order chi connectivity index (χ1) is 8.72. The number of hydrogen-bond acceptors (Lipinski definition) is 1. The second-order valence-corrected chi connectivity index (χ2v) is 7.64. The van der Waals surface area contributed by atoms with Gasteiger partial charge in [-0.1, -0.05) is 44.0 Å². The molecule has 0 radical (unpaired) electrons. The summed E-state index contributed by atoms with van der Waals surface area (Å²) in [7, 11) is 0. The largest absolute Gasteiger partial charge is 0.385 e. The Morgan fingerprint density at radius 3 is 2.26 bits per heavy atom. The highest BCUT2D eigenvalue weighted by Crippen LogP contribution is 2.47. The van der Waals surface area contributed by atoms with Crippen LogP contribution in [0.3, 0.4) is 0 Å². The van der Waals surface area contributed by atoms with Crippen molar-refractivity contribution in [2.75, 3.05) is 0 Å². The summed E-state index contributed by atoms with van der Waals surface area (Å²) < 4.78 is 0. The lowest BCUT2D eigenvalue weighted by molar-refractivity contribution is -0.0297. The Bertz CT molecular complexity index is 454. The van der Waals surface area contributed by atoms with Gasteiger partial charge in [-0.2, -0.15) is 0 Å². The molecule has 19 heavy (non-hydrogen) atoms. The van der Waals surface area contributed by atoms with Gasteiger partial charge in [0.1, 0.15) is 0 Å². The van der Waals surface area contributed by atoms with Gasteiger partial charge in [-0.05, 0) is 55.2 Å². The number of rotatable bonds is 1. The highest BCUT2D eigenvalue weighted by Gasteiger charge is 2.39. The molecule has 106 valence electrons. The summed E-state index contributed by atoms with van der Waals surface area (Å²) >= 11 is 12.3. The molecule has 1 saturated carbocycles. The van der Waals surface area contributed by atoms with E-state index in [-0.39, 0.29) is 0 Å². The summed E-state index contributed by atoms with van der Waals surface area (Å²) in [5.74, 6) is 0.658. The molecule has 0 saturated heterocycles. The van der Waals surface area contributed by atoms with Crippen LogP contribution in [0, 0.1) is 11.3 Å². The van der Waals surface area contributed by atoms with Gasteiger partial charge < -0.3 is 5.11 Å². The molecule has 1 aromatic rings. The lowest BCUT2D eigenvalue weighted by Gasteiger charge is -2.41. The molecule has 1 nitrogen and oxygen atoms in total. The summed E-state index contributed by atoms with van der Waals surface area (Å²) in [6.07, 6.45) is 3.58. The minimum absolute atomic E-state index is 0.305. The molecule has 0 aliphatic heterocycles. The molecule has 1 aromatic carbocycles. The molecule has 1 aliphatic carbocycles. The predicted octanol–water partition coefficient (Wildman–Crippen LogP) is 5.42. The first kappa shape index (κ1) is 15.2. The third kappa shape index (κ3) is 3.26. The van der Waals surface area contributed by atoms with Crippen molar-refractivity contribution in [3.05, 3.63) is 33.8 Å². The third-order valence-corrected chi connectivity index (χ3v) is 5.03. The van der Waals surface area contributed by atoms with Crippen LogP contribution in [-0.2, 0) is 5.60 Å². The Balaban J connectivity index is 2.20. The topological polar surface area (TPSA) is 20.2 Å². The molecule has 0 aromatic heterocycles. The van der Waals surface area contributed by atoms with E-state index >= 15 is 0 Å². The van der Waals surface area contributed by atoms with Gasteiger partial charge in [0.2, 0.25) is 0 Å². The first-order valence-corrected chi connectivity index (χ1v) is 7.66. The van der Waals surface area contributed by atoms with E-state index < -0.39 is 5.60 Å². The fourth-order valence-electron chi connectivity index (χ4n) is 3.08. The number of benzene rings is 1. The maximum atomic E-state index is 10.9. The van der Waals surface area contributed by atoms with E-state index in [0.29, 0.717) is 21.4 Å². The van der Waals surface area contributed by atoms with Gasteiger partial charge in [0.15, 0.2) is 0 Å². The zero-order chi connectivity index (χ0) is 14.3. The molecule has 0 unspecified atom stereocenters. The Labute approximate surface area is 125 Å². The highest BCUT2D eigenvalue weighted by atomic mass is 35.5. The van der Waals surface area contributed by atoms with Gasteiger partial charge in [0, 0.05) is 15.6 Å². The second-order valence-electron chi connectivity index (χ2n) is 6.80. The minimum Gasteiger partial charge on any atom is -0.385 e. The van der Waals surface area contributed by atoms with E-state index in [2.05, 4.69) is 20.8 Å². The van der Waals surface area contributed by atoms with Crippen molar-refractivity contribution >= 4 is 23.2 Å². The summed E-state index contributed by atoms with van der Waals surface area (Å²) in [5, 5.41) is 12.1. The van der Waals surface area contributed by atoms with Crippen molar-refractivity contribution in [3.63, 3.8) is 0 Å². The first-order valence-electron chi connectivity index (χ1n) is 6.90. The standard InChI is InChI=1S/C16H22Cl2O/c1-15(2,3)11-6-8-16(19,9-7-11)13-10-12(17)4-5-14(13)18/h4-5,10-11,19H,6-9H2,1-3H3. The molecule has 1 aliphatic rings. The monoisotopic (exact) mass is 300 g/mol. The van der Waals surface area contributed by atoms with E-state index in [1.165, 1.54) is 0 Å². The average molecular weight is 301 g/mol. The van der Waals surface area contributed by atoms with Crippen LogP contribution in [0.2, 0.25) is 10.0 Å². The van der Waals surface area contributed by atoms with Crippen molar-refractivity contribution in [1.82, 2.24) is 0 Å². The molecule has 0 amide bonds. The van der Waals surface area contributed by atoms with Gasteiger partial charge in [-0.3, -0.25) is 0 Å². The van der Waals surface area contributed by atoms with Crippen molar-refractivity contribution in [1.29, 1.82) is 0 Å². The maximum absolute atomic E-state index is 10.9. The van der Waals surface area contributed by atoms with Crippen molar-refractivity contribution in [2.24, 2.45) is 11.3 Å². The Morgan fingerprint density at radius 2 is 1.74 bits per heavy atom. The molecule has 1 N–H and O–H groups in total. The van der Waals surface area contributed by atoms with Crippen LogP contribution in [0.1, 0.15) is 52.0 Å². The van der Waals surface area contributed by atoms with Gasteiger partial charge in [0.05, 0.1) is 5.60 Å². The molecule has 0 spiro atoms. The Hall–Kier alpha value is -0.240. The van der Waals surface area contributed by atoms with Gasteiger partial charge >= 0.3 is 0 Å². The smallest absolute Gasteiger partial charge is 0.0911 e. The van der Waals surface area contributed by atoms with Crippen LogP contribution >= 0.6 is 23.2 Å². The van der Waals surface area contributed by atoms with Gasteiger partial charge in [0.25, 0.3) is 0 Å². The van der Waals surface area contributed by atoms with Crippen molar-refractivity contribution in [2.45, 2.75) is 52.1 Å². The van der Waals surface area contributed by atoms with E-state index in [1.807, 2.05) is 0 Å². The summed E-state index contributed by atoms with van der Waals surface area (Å²) in [6.45, 7) is 6.82. The van der Waals surface area contributed by atoms with Crippen LogP contribution in [0.4, 0.5) is 0 Å². The number of halogens is 2. The van der Waals surface area contributed by atoms with Crippen LogP contribution in [0.15, 0.2) is 18.2 Å². The normalized spacial score (nSPS) is 28.4. The zero-order valence-electron chi connectivity index (χ0n) is 11.8. The fraction of sp³-hybridized carbons (Fsp3) is 0.625. The molecule has 1 fully saturated rings. The predicted molar refractivity (Wildman–Crippen MR) is 81.8 cm³/mol. The van der Waals surface area contributed by atoms with Crippen LogP contribution in [0.5, 0.6) is 0 Å². The molecule has 0 atom stereocenters. The second kappa shape index (κ2) is 5.27. The Morgan fingerprint density at radius 1 is 1.16 bits per heavy atom. The molecular formula is C16H22Cl2O. The summed E-state index contributed by atoms with van der Waals surface area (Å²) in [6, 6.07) is 5.34. The average Bonchev–Trinajstić information content (AvgIpc) is 2.31. The molecule has 3 heteroatoms. The number of aliphatic hydroxyl groups is 1. The van der Waals surface area contributed by atoms with Crippen LogP contribution in [-0.4, -0.2) is 5.11 Å². The number of hydrogen-bond donors (Lipinski definition) is 1. The van der Waals surface area contributed by atoms with E-state index in [4.69, 9.17) is 23.2 Å². The minimum atomic E-state index is -0.816. The van der Waals surface area contributed by atoms with Crippen molar-refractivity contribution in [3.8, 4) is 0 Å². The van der Waals surface area contributed by atoms with Gasteiger partial charge in [-0.15, -0.1) is 0 Å². The van der Waals surface area contributed by atoms with Crippen LogP contribution < -0.4 is 0 Å². The van der Waals surface area contributed by atoms with Gasteiger partial charge in [-0.25, -0.2) is 0 Å². The SMILES string of the molecule is CC(C)(C)C1CCC(O)(c2cc(Cl)ccc2Cl)CC1. The summed E-state index contributed by atoms with van der Waals surface area (Å²) in [4.78, 5) is 0. The molecular weight excluding hydrogens is 279 g/mol. The van der Waals surface area contributed by atoms with E-state index in [9.17, 15) is 5.11 Å². The maximum Gasteiger partial charge on any atom is 0.0911 e. The van der Waals surface area contributed by atoms with Crippen molar-refractivity contribution < 1.29 is 5.11 Å². The van der Waals surface area contributed by atoms with Crippen LogP contribution in [0.25, 0.3) is 0 Å². The zero-order valence-corrected chi connectivity index (χ0v) is 13.4. The molecule has 0 bridgehead atoms. The Kier molecular flexibility index (Phi) is 4.21. The lowest BCUT2D eigenvalue weighted by atomic mass is 9.67. The molecule has 2 rings (SSSR count). The lowest BCUT2D eigenvalue weighted by Crippen LogP contribution is -2.35.